The zero-order valence-electron chi connectivity index (χ0n) is 12.1. The van der Waals surface area contributed by atoms with Crippen molar-refractivity contribution in [2.75, 3.05) is 18.1 Å². The summed E-state index contributed by atoms with van der Waals surface area (Å²) in [5.74, 6) is 1.09. The number of rotatable bonds is 6. The lowest BCUT2D eigenvalue weighted by Crippen LogP contribution is -2.42. The number of hydrogen-bond donors (Lipinski definition) is 2. The van der Waals surface area contributed by atoms with Crippen LogP contribution in [0.15, 0.2) is 6.07 Å². The van der Waals surface area contributed by atoms with E-state index in [2.05, 4.69) is 11.0 Å². The highest BCUT2D eigenvalue weighted by atomic mass is 16.3. The van der Waals surface area contributed by atoms with Crippen molar-refractivity contribution in [2.24, 2.45) is 5.73 Å². The maximum atomic E-state index is 9.14. The molecule has 4 nitrogen and oxygen atoms in total. The molecule has 2 aliphatic carbocycles. The third-order valence-electron chi connectivity index (χ3n) is 4.67. The predicted octanol–water partition coefficient (Wildman–Crippen LogP) is 1.77. The number of fused-ring (bicyclic) bond motifs is 1. The Morgan fingerprint density at radius 2 is 2.15 bits per heavy atom. The molecule has 0 aromatic carbocycles. The number of aromatic nitrogens is 1. The highest BCUT2D eigenvalue weighted by Gasteiger charge is 2.28. The largest absolute Gasteiger partial charge is 0.396 e. The van der Waals surface area contributed by atoms with E-state index in [1.54, 1.807) is 0 Å². The first-order valence-electron chi connectivity index (χ1n) is 7.92. The molecule has 0 spiro atoms. The standard InChI is InChI=1S/C16H25N3O/c17-11-13-10-12-4-1-7-15(12)18-16(13)19(8-3-9-20)14-5-2-6-14/h10,14,20H,1-9,11,17H2. The summed E-state index contributed by atoms with van der Waals surface area (Å²) in [4.78, 5) is 7.35. The molecule has 4 heteroatoms. The van der Waals surface area contributed by atoms with Crippen molar-refractivity contribution < 1.29 is 5.11 Å². The van der Waals surface area contributed by atoms with Crippen LogP contribution in [0.5, 0.6) is 0 Å². The van der Waals surface area contributed by atoms with Crippen LogP contribution in [-0.2, 0) is 19.4 Å². The normalized spacial score (nSPS) is 17.9. The maximum Gasteiger partial charge on any atom is 0.133 e. The van der Waals surface area contributed by atoms with Crippen LogP contribution in [0, 0.1) is 0 Å². The SMILES string of the molecule is NCc1cc2c(nc1N(CCCO)C1CCC1)CCC2. The van der Waals surface area contributed by atoms with E-state index >= 15 is 0 Å². The summed E-state index contributed by atoms with van der Waals surface area (Å²) in [6.45, 7) is 1.68. The van der Waals surface area contributed by atoms with Crippen LogP contribution in [0.3, 0.4) is 0 Å². The van der Waals surface area contributed by atoms with Crippen molar-refractivity contribution in [2.45, 2.75) is 57.5 Å². The van der Waals surface area contributed by atoms with Crippen molar-refractivity contribution in [3.05, 3.63) is 22.9 Å². The molecule has 2 aliphatic rings. The minimum absolute atomic E-state index is 0.242. The molecule has 0 radical (unpaired) electrons. The van der Waals surface area contributed by atoms with Gasteiger partial charge in [0.25, 0.3) is 0 Å². The quantitative estimate of drug-likeness (QED) is 0.830. The van der Waals surface area contributed by atoms with E-state index in [0.29, 0.717) is 12.6 Å². The van der Waals surface area contributed by atoms with Gasteiger partial charge in [0.2, 0.25) is 0 Å². The molecule has 20 heavy (non-hydrogen) atoms. The van der Waals surface area contributed by atoms with Gasteiger partial charge in [-0.1, -0.05) is 0 Å². The van der Waals surface area contributed by atoms with Gasteiger partial charge in [-0.15, -0.1) is 0 Å². The number of anilines is 1. The zero-order valence-corrected chi connectivity index (χ0v) is 12.1. The minimum Gasteiger partial charge on any atom is -0.396 e. The van der Waals surface area contributed by atoms with Crippen molar-refractivity contribution in [3.8, 4) is 0 Å². The number of nitrogens with two attached hydrogens (primary N) is 1. The van der Waals surface area contributed by atoms with Crippen LogP contribution in [0.4, 0.5) is 5.82 Å². The average molecular weight is 275 g/mol. The van der Waals surface area contributed by atoms with E-state index in [1.165, 1.54) is 42.5 Å². The van der Waals surface area contributed by atoms with E-state index in [0.717, 1.165) is 31.6 Å². The van der Waals surface area contributed by atoms with Crippen LogP contribution in [0.2, 0.25) is 0 Å². The molecule has 110 valence electrons. The summed E-state index contributed by atoms with van der Waals surface area (Å²) in [5.41, 5.74) is 9.79. The molecule has 0 aliphatic heterocycles. The smallest absolute Gasteiger partial charge is 0.133 e. The summed E-state index contributed by atoms with van der Waals surface area (Å²) >= 11 is 0. The summed E-state index contributed by atoms with van der Waals surface area (Å²) in [6, 6.07) is 2.87. The molecule has 1 fully saturated rings. The topological polar surface area (TPSA) is 62.4 Å². The first-order chi connectivity index (χ1) is 9.83. The number of nitrogens with zero attached hydrogens (tertiary/aromatic N) is 2. The van der Waals surface area contributed by atoms with E-state index in [4.69, 9.17) is 15.8 Å². The highest BCUT2D eigenvalue weighted by Crippen LogP contribution is 2.33. The second-order valence-electron chi connectivity index (χ2n) is 5.99. The molecule has 1 saturated carbocycles. The Morgan fingerprint density at radius 1 is 1.30 bits per heavy atom. The van der Waals surface area contributed by atoms with Gasteiger partial charge in [0.05, 0.1) is 0 Å². The van der Waals surface area contributed by atoms with Gasteiger partial charge < -0.3 is 15.7 Å². The first-order valence-corrected chi connectivity index (χ1v) is 7.92. The van der Waals surface area contributed by atoms with E-state index in [-0.39, 0.29) is 6.61 Å². The summed E-state index contributed by atoms with van der Waals surface area (Å²) in [5, 5.41) is 9.14. The maximum absolute atomic E-state index is 9.14. The molecule has 0 amide bonds. The predicted molar refractivity (Wildman–Crippen MR) is 80.8 cm³/mol. The van der Waals surface area contributed by atoms with Gasteiger partial charge in [0.15, 0.2) is 0 Å². The molecule has 0 saturated heterocycles. The number of aryl methyl sites for hydroxylation is 2. The lowest BCUT2D eigenvalue weighted by Gasteiger charge is -2.39. The lowest BCUT2D eigenvalue weighted by molar-refractivity contribution is 0.282. The fourth-order valence-corrected chi connectivity index (χ4v) is 3.31. The van der Waals surface area contributed by atoms with E-state index < -0.39 is 0 Å². The molecular weight excluding hydrogens is 250 g/mol. The van der Waals surface area contributed by atoms with E-state index in [1.807, 2.05) is 0 Å². The summed E-state index contributed by atoms with van der Waals surface area (Å²) in [6.07, 6.45) is 8.07. The molecule has 3 N–H and O–H groups in total. The van der Waals surface area contributed by atoms with Gasteiger partial charge in [-0.25, -0.2) is 4.98 Å². The summed E-state index contributed by atoms with van der Waals surface area (Å²) < 4.78 is 0. The third kappa shape index (κ3) is 2.54. The molecule has 0 bridgehead atoms. The number of pyridine rings is 1. The lowest BCUT2D eigenvalue weighted by atomic mass is 9.91. The molecule has 1 heterocycles. The Bertz CT molecular complexity index is 471. The number of hydrogen-bond acceptors (Lipinski definition) is 4. The molecular formula is C16H25N3O. The Kier molecular flexibility index (Phi) is 4.22. The second kappa shape index (κ2) is 6.10. The van der Waals surface area contributed by atoms with Crippen LogP contribution in [0.1, 0.15) is 48.9 Å². The van der Waals surface area contributed by atoms with Crippen LogP contribution < -0.4 is 10.6 Å². The van der Waals surface area contributed by atoms with E-state index in [9.17, 15) is 0 Å². The second-order valence-corrected chi connectivity index (χ2v) is 5.99. The minimum atomic E-state index is 0.242. The number of aliphatic hydroxyl groups is 1. The summed E-state index contributed by atoms with van der Waals surface area (Å²) in [7, 11) is 0. The molecule has 0 unspecified atom stereocenters. The number of aliphatic hydroxyl groups excluding tert-OH is 1. The van der Waals surface area contributed by atoms with Gasteiger partial charge in [0.1, 0.15) is 5.82 Å². The van der Waals surface area contributed by atoms with Gasteiger partial charge >= 0.3 is 0 Å². The van der Waals surface area contributed by atoms with Gasteiger partial charge in [0, 0.05) is 37.0 Å². The molecule has 1 aromatic rings. The Labute approximate surface area is 121 Å². The fraction of sp³-hybridized carbons (Fsp3) is 0.688. The third-order valence-corrected chi connectivity index (χ3v) is 4.67. The van der Waals surface area contributed by atoms with Gasteiger partial charge in [-0.05, 0) is 56.6 Å². The van der Waals surface area contributed by atoms with Crippen LogP contribution in [0.25, 0.3) is 0 Å². The van der Waals surface area contributed by atoms with Gasteiger partial charge in [-0.2, -0.15) is 0 Å². The Balaban J connectivity index is 1.91. The average Bonchev–Trinajstić information content (AvgIpc) is 2.86. The van der Waals surface area contributed by atoms with Crippen molar-refractivity contribution >= 4 is 5.82 Å². The van der Waals surface area contributed by atoms with Crippen molar-refractivity contribution in [1.29, 1.82) is 0 Å². The Morgan fingerprint density at radius 3 is 2.80 bits per heavy atom. The first kappa shape index (κ1) is 13.8. The van der Waals surface area contributed by atoms with Crippen molar-refractivity contribution in [1.82, 2.24) is 4.98 Å². The van der Waals surface area contributed by atoms with Crippen LogP contribution in [-0.4, -0.2) is 29.3 Å². The van der Waals surface area contributed by atoms with Gasteiger partial charge in [-0.3, -0.25) is 0 Å². The monoisotopic (exact) mass is 275 g/mol. The molecule has 0 atom stereocenters. The molecule has 3 rings (SSSR count). The van der Waals surface area contributed by atoms with Crippen LogP contribution >= 0.6 is 0 Å². The van der Waals surface area contributed by atoms with Crippen molar-refractivity contribution in [3.63, 3.8) is 0 Å². The fourth-order valence-electron chi connectivity index (χ4n) is 3.31. The highest BCUT2D eigenvalue weighted by molar-refractivity contribution is 5.52. The Hall–Kier alpha value is -1.13. The molecule has 1 aromatic heterocycles. The zero-order chi connectivity index (χ0) is 13.9.